The monoisotopic (exact) mass is 410 g/mol. The molecule has 2 aromatic heterocycles. The second-order valence-corrected chi connectivity index (χ2v) is 8.54. The fourth-order valence-corrected chi connectivity index (χ4v) is 4.94. The van der Waals surface area contributed by atoms with Crippen LogP contribution < -0.4 is 11.0 Å². The summed E-state index contributed by atoms with van der Waals surface area (Å²) in [6.45, 7) is 3.86. The number of aryl methyl sites for hydroxylation is 1. The predicted octanol–water partition coefficient (Wildman–Crippen LogP) is 3.00. The third-order valence-corrected chi connectivity index (χ3v) is 6.52. The first-order chi connectivity index (χ1) is 14.0. The average molecular weight is 410 g/mol. The normalized spacial score (nSPS) is 17.4. The highest BCUT2D eigenvalue weighted by Gasteiger charge is 2.25. The molecule has 7 nitrogen and oxygen atoms in total. The Morgan fingerprint density at radius 2 is 2.24 bits per heavy atom. The number of hydrazone groups is 1. The van der Waals surface area contributed by atoms with Gasteiger partial charge in [-0.15, -0.1) is 11.3 Å². The molecule has 0 saturated carbocycles. The van der Waals surface area contributed by atoms with Gasteiger partial charge in [-0.25, -0.2) is 10.4 Å². The number of aromatic nitrogens is 2. The molecule has 3 aromatic rings. The van der Waals surface area contributed by atoms with Crippen LogP contribution in [-0.4, -0.2) is 26.8 Å². The maximum Gasteiger partial charge on any atom is 0.263 e. The minimum Gasteiger partial charge on any atom is -0.507 e. The van der Waals surface area contributed by atoms with E-state index in [9.17, 15) is 14.7 Å². The van der Waals surface area contributed by atoms with Crippen molar-refractivity contribution in [1.29, 1.82) is 0 Å². The second-order valence-electron chi connectivity index (χ2n) is 7.46. The molecule has 4 rings (SSSR count). The first-order valence-electron chi connectivity index (χ1n) is 9.58. The molecule has 8 heteroatoms. The molecule has 0 aliphatic heterocycles. The highest BCUT2D eigenvalue weighted by Crippen LogP contribution is 2.35. The molecule has 1 amide bonds. The molecule has 0 spiro atoms. The summed E-state index contributed by atoms with van der Waals surface area (Å²) in [6.07, 6.45) is 5.72. The van der Waals surface area contributed by atoms with Crippen LogP contribution in [-0.2, 0) is 17.6 Å². The molecule has 2 N–H and O–H groups in total. The lowest BCUT2D eigenvalue weighted by atomic mass is 9.89. The Labute approximate surface area is 171 Å². The highest BCUT2D eigenvalue weighted by atomic mass is 32.1. The molecule has 0 saturated heterocycles. The van der Waals surface area contributed by atoms with Crippen LogP contribution in [0, 0.1) is 5.92 Å². The standard InChI is InChI=1S/C21H22N4O3S/c1-12-7-8-15-17(9-12)29-20-18(15)21(28)25(11-22-20)13(2)19(27)24-23-10-14-5-3-4-6-16(14)26/h3-6,10-13,26H,7-9H2,1-2H3,(H,24,27)/b23-10+/t12-,13-/m1/s1. The van der Waals surface area contributed by atoms with E-state index in [4.69, 9.17) is 0 Å². The van der Waals surface area contributed by atoms with Gasteiger partial charge >= 0.3 is 0 Å². The lowest BCUT2D eigenvalue weighted by Crippen LogP contribution is -2.34. The zero-order valence-corrected chi connectivity index (χ0v) is 17.1. The highest BCUT2D eigenvalue weighted by molar-refractivity contribution is 7.18. The molecule has 1 aliphatic rings. The Bertz CT molecular complexity index is 1160. The summed E-state index contributed by atoms with van der Waals surface area (Å²) in [4.78, 5) is 32.0. The van der Waals surface area contributed by atoms with E-state index >= 15 is 0 Å². The first kappa shape index (κ1) is 19.3. The van der Waals surface area contributed by atoms with Gasteiger partial charge in [-0.3, -0.25) is 14.2 Å². The molecule has 0 bridgehead atoms. The quantitative estimate of drug-likeness (QED) is 0.510. The number of hydrogen-bond acceptors (Lipinski definition) is 6. The predicted molar refractivity (Wildman–Crippen MR) is 114 cm³/mol. The van der Waals surface area contributed by atoms with Crippen LogP contribution in [0.5, 0.6) is 5.75 Å². The Morgan fingerprint density at radius 3 is 3.03 bits per heavy atom. The summed E-state index contributed by atoms with van der Waals surface area (Å²) in [7, 11) is 0. The summed E-state index contributed by atoms with van der Waals surface area (Å²) >= 11 is 1.59. The Morgan fingerprint density at radius 1 is 1.45 bits per heavy atom. The van der Waals surface area contributed by atoms with Gasteiger partial charge in [0.25, 0.3) is 11.5 Å². The number of amides is 1. The zero-order chi connectivity index (χ0) is 20.5. The molecular weight excluding hydrogens is 388 g/mol. The molecule has 1 aromatic carbocycles. The van der Waals surface area contributed by atoms with Gasteiger partial charge in [-0.2, -0.15) is 5.10 Å². The van der Waals surface area contributed by atoms with Gasteiger partial charge < -0.3 is 5.11 Å². The second kappa shape index (κ2) is 7.79. The van der Waals surface area contributed by atoms with Crippen molar-refractivity contribution in [3.8, 4) is 5.75 Å². The molecule has 1 aliphatic carbocycles. The van der Waals surface area contributed by atoms with Gasteiger partial charge in [0.15, 0.2) is 0 Å². The molecular formula is C21H22N4O3S. The number of benzene rings is 1. The van der Waals surface area contributed by atoms with E-state index < -0.39 is 11.9 Å². The largest absolute Gasteiger partial charge is 0.507 e. The van der Waals surface area contributed by atoms with Gasteiger partial charge in [0, 0.05) is 10.4 Å². The molecule has 150 valence electrons. The molecule has 29 heavy (non-hydrogen) atoms. The van der Waals surface area contributed by atoms with Crippen LogP contribution in [0.1, 0.15) is 42.3 Å². The van der Waals surface area contributed by atoms with Crippen molar-refractivity contribution in [3.05, 3.63) is 57.0 Å². The van der Waals surface area contributed by atoms with Crippen molar-refractivity contribution in [2.45, 2.75) is 39.2 Å². The van der Waals surface area contributed by atoms with E-state index in [1.54, 1.807) is 36.5 Å². The maximum atomic E-state index is 13.1. The number of phenolic OH excluding ortho intramolecular Hbond substituents is 1. The van der Waals surface area contributed by atoms with Crippen molar-refractivity contribution < 1.29 is 9.90 Å². The number of thiophene rings is 1. The zero-order valence-electron chi connectivity index (χ0n) is 16.3. The topological polar surface area (TPSA) is 96.6 Å². The van der Waals surface area contributed by atoms with Gasteiger partial charge in [0.05, 0.1) is 17.9 Å². The van der Waals surface area contributed by atoms with E-state index in [0.717, 1.165) is 29.7 Å². The minimum atomic E-state index is -0.765. The fraction of sp³-hybridized carbons (Fsp3) is 0.333. The summed E-state index contributed by atoms with van der Waals surface area (Å²) in [5, 5.41) is 14.3. The Balaban J connectivity index is 1.57. The number of aromatic hydroxyl groups is 1. The lowest BCUT2D eigenvalue weighted by Gasteiger charge is -2.18. The van der Waals surface area contributed by atoms with Gasteiger partial charge in [0.1, 0.15) is 16.6 Å². The van der Waals surface area contributed by atoms with Crippen molar-refractivity contribution >= 4 is 33.7 Å². The van der Waals surface area contributed by atoms with Crippen molar-refractivity contribution in [1.82, 2.24) is 15.0 Å². The van der Waals surface area contributed by atoms with Crippen LogP contribution in [0.15, 0.2) is 40.5 Å². The molecule has 0 unspecified atom stereocenters. The average Bonchev–Trinajstić information content (AvgIpc) is 3.07. The summed E-state index contributed by atoms with van der Waals surface area (Å²) in [6, 6.07) is 5.91. The Hall–Kier alpha value is -3.00. The van der Waals surface area contributed by atoms with Crippen LogP contribution in [0.25, 0.3) is 10.2 Å². The molecule has 0 fully saturated rings. The minimum absolute atomic E-state index is 0.0703. The molecule has 0 radical (unpaired) electrons. The number of rotatable bonds is 4. The lowest BCUT2D eigenvalue weighted by molar-refractivity contribution is -0.123. The van der Waals surface area contributed by atoms with E-state index in [-0.39, 0.29) is 11.3 Å². The molecule has 2 atom stereocenters. The third-order valence-electron chi connectivity index (χ3n) is 5.35. The van der Waals surface area contributed by atoms with Crippen LogP contribution in [0.4, 0.5) is 0 Å². The van der Waals surface area contributed by atoms with E-state index in [0.29, 0.717) is 16.9 Å². The first-order valence-corrected chi connectivity index (χ1v) is 10.4. The summed E-state index contributed by atoms with van der Waals surface area (Å²) < 4.78 is 1.36. The number of carbonyl (C=O) groups excluding carboxylic acids is 1. The van der Waals surface area contributed by atoms with E-state index in [1.165, 1.54) is 28.1 Å². The number of hydrogen-bond donors (Lipinski definition) is 2. The maximum absolute atomic E-state index is 13.1. The number of carbonyl (C=O) groups is 1. The van der Waals surface area contributed by atoms with E-state index in [1.807, 2.05) is 0 Å². The fourth-order valence-electron chi connectivity index (χ4n) is 3.60. The Kier molecular flexibility index (Phi) is 5.19. The number of nitrogens with zero attached hydrogens (tertiary/aromatic N) is 3. The van der Waals surface area contributed by atoms with Crippen molar-refractivity contribution in [3.63, 3.8) is 0 Å². The van der Waals surface area contributed by atoms with Crippen LogP contribution in [0.2, 0.25) is 0 Å². The van der Waals surface area contributed by atoms with Crippen LogP contribution in [0.3, 0.4) is 0 Å². The van der Waals surface area contributed by atoms with Gasteiger partial charge in [-0.1, -0.05) is 19.1 Å². The number of phenols is 1. The third kappa shape index (κ3) is 3.67. The summed E-state index contributed by atoms with van der Waals surface area (Å²) in [5.74, 6) is 0.253. The van der Waals surface area contributed by atoms with Gasteiger partial charge in [0.2, 0.25) is 0 Å². The summed E-state index contributed by atoms with van der Waals surface area (Å²) in [5.41, 5.74) is 3.83. The van der Waals surface area contributed by atoms with Gasteiger partial charge in [-0.05, 0) is 49.8 Å². The number of para-hydroxylation sites is 1. The SMILES string of the molecule is C[C@@H]1CCc2c(sc3ncn([C@H](C)C(=O)N/N=C/c4ccccc4O)c(=O)c23)C1. The smallest absolute Gasteiger partial charge is 0.263 e. The molecule has 2 heterocycles. The van der Waals surface area contributed by atoms with E-state index in [2.05, 4.69) is 22.4 Å². The number of fused-ring (bicyclic) bond motifs is 3. The van der Waals surface area contributed by atoms with Crippen molar-refractivity contribution in [2.24, 2.45) is 11.0 Å². The number of nitrogens with one attached hydrogen (secondary N) is 1. The van der Waals surface area contributed by atoms with Crippen LogP contribution >= 0.6 is 11.3 Å². The van der Waals surface area contributed by atoms with Crippen molar-refractivity contribution in [2.75, 3.05) is 0 Å².